The lowest BCUT2D eigenvalue weighted by molar-refractivity contribution is 0.181. The highest BCUT2D eigenvalue weighted by Gasteiger charge is 2.01. The van der Waals surface area contributed by atoms with Gasteiger partial charge in [0, 0.05) is 30.6 Å². The molecule has 0 unspecified atom stereocenters. The summed E-state index contributed by atoms with van der Waals surface area (Å²) in [5.74, 6) is 0. The lowest BCUT2D eigenvalue weighted by Gasteiger charge is -2.05. The minimum absolute atomic E-state index is 0.00958. The van der Waals surface area contributed by atoms with Gasteiger partial charge in [0.05, 0.1) is 6.61 Å². The Labute approximate surface area is 93.7 Å². The molecule has 0 aliphatic rings. The van der Waals surface area contributed by atoms with Crippen molar-refractivity contribution in [2.75, 3.05) is 7.11 Å². The molecule has 0 bridgehead atoms. The number of benzene rings is 1. The van der Waals surface area contributed by atoms with Crippen molar-refractivity contribution in [1.29, 1.82) is 0 Å². The molecular formula is C13H13NO2. The Morgan fingerprint density at radius 1 is 1.19 bits per heavy atom. The highest BCUT2D eigenvalue weighted by atomic mass is 16.5. The van der Waals surface area contributed by atoms with Crippen molar-refractivity contribution in [2.24, 2.45) is 0 Å². The summed E-state index contributed by atoms with van der Waals surface area (Å²) in [6, 6.07) is 12.9. The summed E-state index contributed by atoms with van der Waals surface area (Å²) in [4.78, 5) is 14.7. The first kappa shape index (κ1) is 10.6. The zero-order valence-electron chi connectivity index (χ0n) is 9.07. The van der Waals surface area contributed by atoms with Crippen molar-refractivity contribution < 1.29 is 4.74 Å². The third kappa shape index (κ3) is 2.38. The lowest BCUT2D eigenvalue weighted by Crippen LogP contribution is -2.05. The van der Waals surface area contributed by atoms with Gasteiger partial charge in [0.15, 0.2) is 5.43 Å². The Hall–Kier alpha value is -1.87. The van der Waals surface area contributed by atoms with Crippen LogP contribution < -0.4 is 5.43 Å². The van der Waals surface area contributed by atoms with Crippen molar-refractivity contribution in [3.63, 3.8) is 0 Å². The van der Waals surface area contributed by atoms with Crippen LogP contribution in [0.25, 0.3) is 11.3 Å². The van der Waals surface area contributed by atoms with Crippen LogP contribution in [0.4, 0.5) is 0 Å². The van der Waals surface area contributed by atoms with Gasteiger partial charge < -0.3 is 9.72 Å². The van der Waals surface area contributed by atoms with E-state index in [9.17, 15) is 4.79 Å². The molecule has 0 amide bonds. The summed E-state index contributed by atoms with van der Waals surface area (Å²) in [5, 5.41) is 0. The largest absolute Gasteiger partial charge is 0.378 e. The number of aromatic amines is 1. The molecule has 16 heavy (non-hydrogen) atoms. The monoisotopic (exact) mass is 215 g/mol. The summed E-state index contributed by atoms with van der Waals surface area (Å²) < 4.78 is 5.00. The van der Waals surface area contributed by atoms with Crippen LogP contribution in [0.3, 0.4) is 0 Å². The SMILES string of the molecule is COCc1cc(=O)cc(-c2ccccc2)[nH]1. The third-order valence-electron chi connectivity index (χ3n) is 2.28. The smallest absolute Gasteiger partial charge is 0.182 e. The van der Waals surface area contributed by atoms with E-state index in [2.05, 4.69) is 4.98 Å². The Morgan fingerprint density at radius 2 is 1.94 bits per heavy atom. The predicted molar refractivity (Wildman–Crippen MR) is 63.2 cm³/mol. The van der Waals surface area contributed by atoms with Gasteiger partial charge in [-0.25, -0.2) is 0 Å². The van der Waals surface area contributed by atoms with E-state index in [4.69, 9.17) is 4.74 Å². The number of nitrogens with one attached hydrogen (secondary N) is 1. The average molecular weight is 215 g/mol. The summed E-state index contributed by atoms with van der Waals surface area (Å²) in [6.45, 7) is 0.413. The standard InChI is InChI=1S/C13H13NO2/c1-16-9-11-7-12(15)8-13(14-11)10-5-3-2-4-6-10/h2-8H,9H2,1H3,(H,14,15). The molecule has 0 aliphatic carbocycles. The lowest BCUT2D eigenvalue weighted by atomic mass is 10.1. The maximum atomic E-state index is 11.5. The second-order valence-corrected chi connectivity index (χ2v) is 3.55. The van der Waals surface area contributed by atoms with Gasteiger partial charge in [-0.3, -0.25) is 4.79 Å². The van der Waals surface area contributed by atoms with E-state index in [0.29, 0.717) is 6.61 Å². The highest BCUT2D eigenvalue weighted by molar-refractivity contribution is 5.58. The van der Waals surface area contributed by atoms with Crippen molar-refractivity contribution in [3.05, 3.63) is 58.4 Å². The third-order valence-corrected chi connectivity index (χ3v) is 2.28. The molecule has 82 valence electrons. The van der Waals surface area contributed by atoms with E-state index >= 15 is 0 Å². The molecule has 0 saturated heterocycles. The molecule has 0 atom stereocenters. The molecule has 0 spiro atoms. The van der Waals surface area contributed by atoms with Gasteiger partial charge in [0.1, 0.15) is 0 Å². The van der Waals surface area contributed by atoms with Crippen molar-refractivity contribution in [1.82, 2.24) is 4.98 Å². The van der Waals surface area contributed by atoms with Crippen LogP contribution in [0.15, 0.2) is 47.3 Å². The molecule has 3 nitrogen and oxygen atoms in total. The molecule has 1 heterocycles. The van der Waals surface area contributed by atoms with Crippen LogP contribution in [0.2, 0.25) is 0 Å². The number of ether oxygens (including phenoxy) is 1. The van der Waals surface area contributed by atoms with Crippen LogP contribution in [0.5, 0.6) is 0 Å². The Kier molecular flexibility index (Phi) is 3.17. The van der Waals surface area contributed by atoms with Crippen molar-refractivity contribution in [3.8, 4) is 11.3 Å². The maximum Gasteiger partial charge on any atom is 0.182 e. The maximum absolute atomic E-state index is 11.5. The first-order chi connectivity index (χ1) is 7.79. The fourth-order valence-corrected chi connectivity index (χ4v) is 1.61. The summed E-state index contributed by atoms with van der Waals surface area (Å²) >= 11 is 0. The van der Waals surface area contributed by atoms with Crippen LogP contribution >= 0.6 is 0 Å². The Morgan fingerprint density at radius 3 is 2.62 bits per heavy atom. The molecule has 2 aromatic rings. The summed E-state index contributed by atoms with van der Waals surface area (Å²) in [5.41, 5.74) is 2.59. The van der Waals surface area contributed by atoms with Crippen LogP contribution in [0.1, 0.15) is 5.69 Å². The molecule has 1 aromatic carbocycles. The average Bonchev–Trinajstić information content (AvgIpc) is 2.30. The van der Waals surface area contributed by atoms with Crippen molar-refractivity contribution >= 4 is 0 Å². The van der Waals surface area contributed by atoms with Crippen LogP contribution in [-0.2, 0) is 11.3 Å². The number of H-pyrrole nitrogens is 1. The van der Waals surface area contributed by atoms with Gasteiger partial charge in [-0.15, -0.1) is 0 Å². The zero-order valence-corrected chi connectivity index (χ0v) is 9.07. The normalized spacial score (nSPS) is 10.3. The van der Waals surface area contributed by atoms with Gasteiger partial charge >= 0.3 is 0 Å². The molecule has 0 saturated carbocycles. The minimum atomic E-state index is -0.00958. The van der Waals surface area contributed by atoms with E-state index in [1.54, 1.807) is 19.2 Å². The molecule has 0 aliphatic heterocycles. The quantitative estimate of drug-likeness (QED) is 0.852. The first-order valence-electron chi connectivity index (χ1n) is 5.07. The van der Waals surface area contributed by atoms with Gasteiger partial charge in [0.25, 0.3) is 0 Å². The Balaban J connectivity index is 2.45. The topological polar surface area (TPSA) is 42.1 Å². The van der Waals surface area contributed by atoms with Crippen molar-refractivity contribution in [2.45, 2.75) is 6.61 Å². The molecule has 1 aromatic heterocycles. The number of aromatic nitrogens is 1. The van der Waals surface area contributed by atoms with Gasteiger partial charge in [-0.05, 0) is 5.56 Å². The minimum Gasteiger partial charge on any atom is -0.378 e. The first-order valence-corrected chi connectivity index (χ1v) is 5.07. The number of hydrogen-bond donors (Lipinski definition) is 1. The van der Waals surface area contributed by atoms with E-state index in [1.165, 1.54) is 0 Å². The number of methoxy groups -OCH3 is 1. The molecule has 3 heteroatoms. The second kappa shape index (κ2) is 4.77. The number of rotatable bonds is 3. The second-order valence-electron chi connectivity index (χ2n) is 3.55. The van der Waals surface area contributed by atoms with E-state index < -0.39 is 0 Å². The zero-order chi connectivity index (χ0) is 11.4. The van der Waals surface area contributed by atoms with Crippen LogP contribution in [-0.4, -0.2) is 12.1 Å². The number of pyridine rings is 1. The molecule has 2 rings (SSSR count). The highest BCUT2D eigenvalue weighted by Crippen LogP contribution is 2.14. The van der Waals surface area contributed by atoms with Crippen LogP contribution in [0, 0.1) is 0 Å². The number of hydrogen-bond acceptors (Lipinski definition) is 2. The molecule has 0 fully saturated rings. The molecule has 0 radical (unpaired) electrons. The van der Waals surface area contributed by atoms with E-state index in [1.807, 2.05) is 30.3 Å². The fraction of sp³-hybridized carbons (Fsp3) is 0.154. The molecular weight excluding hydrogens is 202 g/mol. The Bertz CT molecular complexity index is 517. The van der Waals surface area contributed by atoms with Gasteiger partial charge in [-0.1, -0.05) is 30.3 Å². The fourth-order valence-electron chi connectivity index (χ4n) is 1.61. The molecule has 1 N–H and O–H groups in total. The van der Waals surface area contributed by atoms with Gasteiger partial charge in [0.2, 0.25) is 0 Å². The summed E-state index contributed by atoms with van der Waals surface area (Å²) in [6.07, 6.45) is 0. The predicted octanol–water partition coefficient (Wildman–Crippen LogP) is 2.19. The van der Waals surface area contributed by atoms with Gasteiger partial charge in [-0.2, -0.15) is 0 Å². The van der Waals surface area contributed by atoms with E-state index in [-0.39, 0.29) is 5.43 Å². The van der Waals surface area contributed by atoms with E-state index in [0.717, 1.165) is 17.0 Å². The summed E-state index contributed by atoms with van der Waals surface area (Å²) in [7, 11) is 1.60.